The number of imidazole rings is 1. The molecule has 1 aliphatic rings. The molecule has 2 aromatic rings. The van der Waals surface area contributed by atoms with Crippen molar-refractivity contribution in [2.75, 3.05) is 18.1 Å². The lowest BCUT2D eigenvalue weighted by atomic mass is 10.0. The number of pyridine rings is 1. The number of carbonyl (C=O) groups excluding carboxylic acids is 1. The summed E-state index contributed by atoms with van der Waals surface area (Å²) in [6.07, 6.45) is 5.15. The lowest BCUT2D eigenvalue weighted by molar-refractivity contribution is -0.137. The highest BCUT2D eigenvalue weighted by atomic mass is 32.2. The molecule has 0 aliphatic carbocycles. The molecule has 2 aromatic heterocycles. The van der Waals surface area contributed by atoms with Gasteiger partial charge < -0.3 is 14.8 Å². The zero-order valence-corrected chi connectivity index (χ0v) is 12.8. The number of fused-ring (bicyclic) bond motifs is 1. The van der Waals surface area contributed by atoms with Gasteiger partial charge in [-0.1, -0.05) is 6.07 Å². The summed E-state index contributed by atoms with van der Waals surface area (Å²) in [4.78, 5) is 16.6. The number of aliphatic hydroxyl groups is 1. The first-order valence-electron chi connectivity index (χ1n) is 7.10. The highest BCUT2D eigenvalue weighted by molar-refractivity contribution is 7.99. The van der Waals surface area contributed by atoms with Gasteiger partial charge in [0.2, 0.25) is 0 Å². The minimum atomic E-state index is -1.18. The largest absolute Gasteiger partial charge is 0.379 e. The molecule has 2 N–H and O–H groups in total. The van der Waals surface area contributed by atoms with Crippen LogP contribution in [0, 0.1) is 6.92 Å². The molecule has 1 amide bonds. The maximum Gasteiger partial charge on any atom is 0.252 e. The molecule has 21 heavy (non-hydrogen) atoms. The fourth-order valence-electron chi connectivity index (χ4n) is 2.53. The number of aryl methyl sites for hydroxylation is 1. The average molecular weight is 305 g/mol. The number of carbonyl (C=O) groups is 1. The second kappa shape index (κ2) is 5.69. The van der Waals surface area contributed by atoms with Crippen LogP contribution in [0.2, 0.25) is 0 Å². The third-order valence-corrected chi connectivity index (χ3v) is 4.99. The fraction of sp³-hybridized carbons (Fsp3) is 0.467. The third-order valence-electron chi connectivity index (χ3n) is 3.82. The van der Waals surface area contributed by atoms with Crippen molar-refractivity contribution in [3.8, 4) is 0 Å². The van der Waals surface area contributed by atoms with Crippen LogP contribution in [0.3, 0.4) is 0 Å². The van der Waals surface area contributed by atoms with Crippen LogP contribution in [0.5, 0.6) is 0 Å². The number of hydrogen-bond donors (Lipinski definition) is 2. The second-order valence-corrected chi connectivity index (χ2v) is 6.60. The van der Waals surface area contributed by atoms with Crippen LogP contribution in [0.4, 0.5) is 0 Å². The molecule has 1 fully saturated rings. The standard InChI is InChI=1S/C15H19N3O2S/c1-11-3-2-7-18-9-12(17-13(11)18)4-6-16-14(19)15(20)5-8-21-10-15/h2-3,7,9,20H,4-6,8,10H2,1H3,(H,16,19). The summed E-state index contributed by atoms with van der Waals surface area (Å²) in [5.74, 6) is 1.08. The van der Waals surface area contributed by atoms with E-state index in [1.165, 1.54) is 0 Å². The minimum Gasteiger partial charge on any atom is -0.379 e. The van der Waals surface area contributed by atoms with Crippen molar-refractivity contribution >= 4 is 23.3 Å². The first-order valence-corrected chi connectivity index (χ1v) is 8.26. The van der Waals surface area contributed by atoms with E-state index in [0.29, 0.717) is 25.1 Å². The van der Waals surface area contributed by atoms with E-state index in [9.17, 15) is 9.90 Å². The highest BCUT2D eigenvalue weighted by Crippen LogP contribution is 2.27. The first-order chi connectivity index (χ1) is 10.1. The van der Waals surface area contributed by atoms with Gasteiger partial charge in [-0.05, 0) is 30.7 Å². The zero-order chi connectivity index (χ0) is 14.9. The van der Waals surface area contributed by atoms with Crippen LogP contribution in [0.15, 0.2) is 24.5 Å². The van der Waals surface area contributed by atoms with Crippen molar-refractivity contribution in [2.24, 2.45) is 0 Å². The number of thioether (sulfide) groups is 1. The van der Waals surface area contributed by atoms with Crippen molar-refractivity contribution in [2.45, 2.75) is 25.4 Å². The zero-order valence-electron chi connectivity index (χ0n) is 12.0. The molecule has 1 atom stereocenters. The van der Waals surface area contributed by atoms with Gasteiger partial charge in [-0.3, -0.25) is 4.79 Å². The maximum atomic E-state index is 12.0. The molecule has 3 rings (SSSR count). The Labute approximate surface area is 127 Å². The smallest absolute Gasteiger partial charge is 0.252 e. The number of aromatic nitrogens is 2. The van der Waals surface area contributed by atoms with Gasteiger partial charge in [0.1, 0.15) is 5.65 Å². The Morgan fingerprint density at radius 1 is 1.62 bits per heavy atom. The van der Waals surface area contributed by atoms with Crippen molar-refractivity contribution in [3.05, 3.63) is 35.8 Å². The molecule has 0 spiro atoms. The van der Waals surface area contributed by atoms with E-state index in [1.54, 1.807) is 11.8 Å². The molecule has 0 aromatic carbocycles. The highest BCUT2D eigenvalue weighted by Gasteiger charge is 2.39. The Balaban J connectivity index is 1.59. The predicted octanol–water partition coefficient (Wildman–Crippen LogP) is 1.17. The van der Waals surface area contributed by atoms with Crippen LogP contribution < -0.4 is 5.32 Å². The molecule has 1 unspecified atom stereocenters. The van der Waals surface area contributed by atoms with Gasteiger partial charge in [0, 0.05) is 31.1 Å². The van der Waals surface area contributed by atoms with Crippen LogP contribution in [0.1, 0.15) is 17.7 Å². The monoisotopic (exact) mass is 305 g/mol. The first kappa shape index (κ1) is 14.4. The Morgan fingerprint density at radius 2 is 2.48 bits per heavy atom. The van der Waals surface area contributed by atoms with Crippen LogP contribution in [-0.2, 0) is 11.2 Å². The van der Waals surface area contributed by atoms with E-state index >= 15 is 0 Å². The summed E-state index contributed by atoms with van der Waals surface area (Å²) in [6.45, 7) is 2.52. The van der Waals surface area contributed by atoms with Crippen LogP contribution >= 0.6 is 11.8 Å². The average Bonchev–Trinajstić information content (AvgIpc) is 3.06. The molecule has 112 valence electrons. The van der Waals surface area contributed by atoms with Gasteiger partial charge in [-0.25, -0.2) is 4.98 Å². The molecule has 0 saturated carbocycles. The summed E-state index contributed by atoms with van der Waals surface area (Å²) < 4.78 is 1.99. The summed E-state index contributed by atoms with van der Waals surface area (Å²) in [5, 5.41) is 13.0. The topological polar surface area (TPSA) is 66.6 Å². The Morgan fingerprint density at radius 3 is 3.19 bits per heavy atom. The Kier molecular flexibility index (Phi) is 3.91. The normalized spacial score (nSPS) is 21.8. The number of hydrogen-bond acceptors (Lipinski definition) is 4. The minimum absolute atomic E-state index is 0.257. The van der Waals surface area contributed by atoms with Gasteiger partial charge in [0.05, 0.1) is 5.69 Å². The number of nitrogens with zero attached hydrogens (tertiary/aromatic N) is 2. The SMILES string of the molecule is Cc1cccn2cc(CCNC(=O)C3(O)CCSC3)nc12. The van der Waals surface area contributed by atoms with E-state index < -0.39 is 5.60 Å². The molecule has 0 bridgehead atoms. The lowest BCUT2D eigenvalue weighted by Gasteiger charge is -2.19. The van der Waals surface area contributed by atoms with Crippen LogP contribution in [-0.4, -0.2) is 44.0 Å². The van der Waals surface area contributed by atoms with Gasteiger partial charge >= 0.3 is 0 Å². The number of nitrogens with one attached hydrogen (secondary N) is 1. The van der Waals surface area contributed by atoms with Gasteiger partial charge in [0.25, 0.3) is 5.91 Å². The summed E-state index contributed by atoms with van der Waals surface area (Å²) in [7, 11) is 0. The van der Waals surface area contributed by atoms with Crippen LogP contribution in [0.25, 0.3) is 5.65 Å². The third kappa shape index (κ3) is 2.91. The van der Waals surface area contributed by atoms with E-state index in [4.69, 9.17) is 0 Å². The summed E-state index contributed by atoms with van der Waals surface area (Å²) >= 11 is 1.62. The van der Waals surface area contributed by atoms with E-state index in [-0.39, 0.29) is 5.91 Å². The second-order valence-electron chi connectivity index (χ2n) is 5.49. The maximum absolute atomic E-state index is 12.0. The van der Waals surface area contributed by atoms with Gasteiger partial charge in [0.15, 0.2) is 5.60 Å². The summed E-state index contributed by atoms with van der Waals surface area (Å²) in [6, 6.07) is 4.02. The predicted molar refractivity (Wildman–Crippen MR) is 83.5 cm³/mol. The van der Waals surface area contributed by atoms with Crippen molar-refractivity contribution < 1.29 is 9.90 Å². The molecular formula is C15H19N3O2S. The molecule has 5 nitrogen and oxygen atoms in total. The fourth-order valence-corrected chi connectivity index (χ4v) is 3.77. The van der Waals surface area contributed by atoms with E-state index in [1.807, 2.05) is 35.9 Å². The van der Waals surface area contributed by atoms with Crippen molar-refractivity contribution in [1.82, 2.24) is 14.7 Å². The molecule has 1 saturated heterocycles. The molecule has 3 heterocycles. The van der Waals surface area contributed by atoms with Gasteiger partial charge in [-0.2, -0.15) is 11.8 Å². The van der Waals surface area contributed by atoms with Crippen molar-refractivity contribution in [3.63, 3.8) is 0 Å². The van der Waals surface area contributed by atoms with Gasteiger partial charge in [-0.15, -0.1) is 0 Å². The summed E-state index contributed by atoms with van der Waals surface area (Å²) in [5.41, 5.74) is 1.84. The Bertz CT molecular complexity index is 662. The van der Waals surface area contributed by atoms with E-state index in [2.05, 4.69) is 10.3 Å². The van der Waals surface area contributed by atoms with E-state index in [0.717, 1.165) is 22.7 Å². The molecule has 0 radical (unpaired) electrons. The Hall–Kier alpha value is -1.53. The number of rotatable bonds is 4. The quantitative estimate of drug-likeness (QED) is 0.890. The lowest BCUT2D eigenvalue weighted by Crippen LogP contribution is -2.47. The van der Waals surface area contributed by atoms with Crippen molar-refractivity contribution in [1.29, 1.82) is 0 Å². The number of amides is 1. The molecule has 1 aliphatic heterocycles. The molecular weight excluding hydrogens is 286 g/mol. The molecule has 6 heteroatoms.